The third-order valence-corrected chi connectivity index (χ3v) is 4.97. The molecule has 26 heavy (non-hydrogen) atoms. The molecule has 2 aromatic rings. The number of nitrogens with two attached hydrogens (primary N) is 1. The molecule has 0 atom stereocenters. The number of pyridine rings is 2. The fourth-order valence-corrected chi connectivity index (χ4v) is 3.66. The number of anilines is 1. The van der Waals surface area contributed by atoms with Gasteiger partial charge in [0.1, 0.15) is 5.82 Å². The van der Waals surface area contributed by atoms with E-state index in [2.05, 4.69) is 22.1 Å². The lowest BCUT2D eigenvalue weighted by Gasteiger charge is -2.26. The number of hydrogen-bond acceptors (Lipinski definition) is 4. The van der Waals surface area contributed by atoms with Crippen LogP contribution in [0.3, 0.4) is 0 Å². The molecule has 0 unspecified atom stereocenters. The van der Waals surface area contributed by atoms with Crippen LogP contribution in [-0.4, -0.2) is 39.9 Å². The van der Waals surface area contributed by atoms with Crippen molar-refractivity contribution in [2.45, 2.75) is 32.2 Å². The molecule has 2 aliphatic rings. The maximum absolute atomic E-state index is 11.8. The summed E-state index contributed by atoms with van der Waals surface area (Å²) in [4.78, 5) is 35.6. The van der Waals surface area contributed by atoms with Crippen molar-refractivity contribution in [2.24, 2.45) is 5.73 Å². The van der Waals surface area contributed by atoms with E-state index in [0.29, 0.717) is 25.3 Å². The SMILES string of the molecule is NC(=O)N1CCCc2cc(-c3cncc(CN4CCCC4=O)c3)cnc21. The average Bonchev–Trinajstić information content (AvgIpc) is 3.05. The number of urea groups is 1. The van der Waals surface area contributed by atoms with E-state index in [1.165, 1.54) is 4.90 Å². The topological polar surface area (TPSA) is 92.4 Å². The predicted octanol–water partition coefficient (Wildman–Crippen LogP) is 2.10. The predicted molar refractivity (Wildman–Crippen MR) is 97.4 cm³/mol. The summed E-state index contributed by atoms with van der Waals surface area (Å²) in [7, 11) is 0. The molecule has 3 amide bonds. The number of aromatic nitrogens is 2. The fraction of sp³-hybridized carbons (Fsp3) is 0.368. The second-order valence-electron chi connectivity index (χ2n) is 6.80. The van der Waals surface area contributed by atoms with Gasteiger partial charge < -0.3 is 10.6 Å². The second kappa shape index (κ2) is 6.74. The molecule has 4 rings (SSSR count). The van der Waals surface area contributed by atoms with E-state index in [0.717, 1.165) is 48.1 Å². The van der Waals surface area contributed by atoms with E-state index in [4.69, 9.17) is 5.73 Å². The highest BCUT2D eigenvalue weighted by Crippen LogP contribution is 2.29. The normalized spacial score (nSPS) is 16.7. The van der Waals surface area contributed by atoms with Crippen LogP contribution in [0.1, 0.15) is 30.4 Å². The highest BCUT2D eigenvalue weighted by molar-refractivity contribution is 5.91. The molecule has 2 N–H and O–H groups in total. The molecule has 7 nitrogen and oxygen atoms in total. The van der Waals surface area contributed by atoms with Crippen LogP contribution in [0.4, 0.5) is 10.6 Å². The average molecular weight is 351 g/mol. The Labute approximate surface area is 151 Å². The van der Waals surface area contributed by atoms with Crippen LogP contribution in [0, 0.1) is 0 Å². The van der Waals surface area contributed by atoms with E-state index < -0.39 is 6.03 Å². The number of carbonyl (C=O) groups excluding carboxylic acids is 2. The van der Waals surface area contributed by atoms with Crippen molar-refractivity contribution in [1.29, 1.82) is 0 Å². The van der Waals surface area contributed by atoms with Crippen LogP contribution < -0.4 is 10.6 Å². The van der Waals surface area contributed by atoms with Gasteiger partial charge in [-0.2, -0.15) is 0 Å². The summed E-state index contributed by atoms with van der Waals surface area (Å²) in [6.45, 7) is 2.01. The zero-order chi connectivity index (χ0) is 18.1. The maximum atomic E-state index is 11.8. The largest absolute Gasteiger partial charge is 0.351 e. The quantitative estimate of drug-likeness (QED) is 0.916. The van der Waals surface area contributed by atoms with Crippen LogP contribution in [0.2, 0.25) is 0 Å². The third-order valence-electron chi connectivity index (χ3n) is 4.97. The first-order valence-electron chi connectivity index (χ1n) is 8.90. The number of hydrogen-bond donors (Lipinski definition) is 1. The Morgan fingerprint density at radius 3 is 2.65 bits per heavy atom. The highest BCUT2D eigenvalue weighted by atomic mass is 16.2. The van der Waals surface area contributed by atoms with Crippen LogP contribution in [0.5, 0.6) is 0 Å². The molecule has 134 valence electrons. The summed E-state index contributed by atoms with van der Waals surface area (Å²) >= 11 is 0. The van der Waals surface area contributed by atoms with Gasteiger partial charge in [0, 0.05) is 55.8 Å². The Balaban J connectivity index is 1.61. The van der Waals surface area contributed by atoms with E-state index in [-0.39, 0.29) is 5.91 Å². The van der Waals surface area contributed by atoms with Crippen LogP contribution >= 0.6 is 0 Å². The molecule has 0 aliphatic carbocycles. The number of nitrogens with zero attached hydrogens (tertiary/aromatic N) is 4. The van der Waals surface area contributed by atoms with Gasteiger partial charge in [-0.3, -0.25) is 14.7 Å². The van der Waals surface area contributed by atoms with Gasteiger partial charge >= 0.3 is 6.03 Å². The van der Waals surface area contributed by atoms with Gasteiger partial charge in [-0.1, -0.05) is 0 Å². The monoisotopic (exact) mass is 351 g/mol. The number of likely N-dealkylation sites (tertiary alicyclic amines) is 1. The Bertz CT molecular complexity index is 867. The molecule has 0 bridgehead atoms. The van der Waals surface area contributed by atoms with Crippen molar-refractivity contribution in [3.05, 3.63) is 41.9 Å². The first-order valence-corrected chi connectivity index (χ1v) is 8.90. The van der Waals surface area contributed by atoms with E-state index in [1.807, 2.05) is 4.90 Å². The summed E-state index contributed by atoms with van der Waals surface area (Å²) in [5, 5.41) is 0. The molecule has 4 heterocycles. The number of carbonyl (C=O) groups is 2. The van der Waals surface area contributed by atoms with Gasteiger partial charge in [0.2, 0.25) is 5.91 Å². The number of rotatable bonds is 3. The van der Waals surface area contributed by atoms with Gasteiger partial charge in [-0.05, 0) is 42.5 Å². The molecule has 2 aliphatic heterocycles. The molecule has 0 saturated carbocycles. The Kier molecular flexibility index (Phi) is 4.28. The standard InChI is InChI=1S/C19H21N5O2/c20-19(26)24-6-1-3-14-8-16(11-22-18(14)24)15-7-13(9-21-10-15)12-23-5-2-4-17(23)25/h7-11H,1-6,12H2,(H2,20,26). The lowest BCUT2D eigenvalue weighted by atomic mass is 10.0. The van der Waals surface area contributed by atoms with Crippen LogP contribution in [-0.2, 0) is 17.8 Å². The van der Waals surface area contributed by atoms with Crippen LogP contribution in [0.15, 0.2) is 30.7 Å². The zero-order valence-corrected chi connectivity index (χ0v) is 14.5. The summed E-state index contributed by atoms with van der Waals surface area (Å²) < 4.78 is 0. The smallest absolute Gasteiger partial charge is 0.320 e. The molecule has 0 spiro atoms. The molecule has 2 aromatic heterocycles. The van der Waals surface area contributed by atoms with Gasteiger partial charge in [-0.15, -0.1) is 0 Å². The Morgan fingerprint density at radius 1 is 1.08 bits per heavy atom. The van der Waals surface area contributed by atoms with Crippen molar-refractivity contribution in [1.82, 2.24) is 14.9 Å². The molecule has 0 radical (unpaired) electrons. The van der Waals surface area contributed by atoms with Gasteiger partial charge in [0.15, 0.2) is 0 Å². The van der Waals surface area contributed by atoms with Crippen molar-refractivity contribution >= 4 is 17.8 Å². The van der Waals surface area contributed by atoms with E-state index in [1.54, 1.807) is 18.6 Å². The lowest BCUT2D eigenvalue weighted by molar-refractivity contribution is -0.128. The van der Waals surface area contributed by atoms with Gasteiger partial charge in [0.25, 0.3) is 0 Å². The molecular weight excluding hydrogens is 330 g/mol. The van der Waals surface area contributed by atoms with Crippen molar-refractivity contribution in [3.8, 4) is 11.1 Å². The number of fused-ring (bicyclic) bond motifs is 1. The Morgan fingerprint density at radius 2 is 1.88 bits per heavy atom. The molecular formula is C19H21N5O2. The highest BCUT2D eigenvalue weighted by Gasteiger charge is 2.23. The van der Waals surface area contributed by atoms with Crippen molar-refractivity contribution in [3.63, 3.8) is 0 Å². The zero-order valence-electron chi connectivity index (χ0n) is 14.5. The van der Waals surface area contributed by atoms with E-state index in [9.17, 15) is 9.59 Å². The fourth-order valence-electron chi connectivity index (χ4n) is 3.66. The maximum Gasteiger partial charge on any atom is 0.320 e. The molecule has 1 saturated heterocycles. The minimum Gasteiger partial charge on any atom is -0.351 e. The third kappa shape index (κ3) is 3.12. The first-order chi connectivity index (χ1) is 12.6. The van der Waals surface area contributed by atoms with Crippen molar-refractivity contribution in [2.75, 3.05) is 18.0 Å². The Hall–Kier alpha value is -2.96. The minimum absolute atomic E-state index is 0.206. The van der Waals surface area contributed by atoms with E-state index >= 15 is 0 Å². The lowest BCUT2D eigenvalue weighted by Crippen LogP contribution is -2.40. The summed E-state index contributed by atoms with van der Waals surface area (Å²) in [6.07, 6.45) is 8.66. The molecule has 7 heteroatoms. The molecule has 1 fully saturated rings. The van der Waals surface area contributed by atoms with Gasteiger partial charge in [0.05, 0.1) is 0 Å². The van der Waals surface area contributed by atoms with Crippen LogP contribution in [0.25, 0.3) is 11.1 Å². The summed E-state index contributed by atoms with van der Waals surface area (Å²) in [5.74, 6) is 0.858. The minimum atomic E-state index is -0.467. The number of aryl methyl sites for hydroxylation is 1. The number of primary amides is 1. The number of amides is 3. The second-order valence-corrected chi connectivity index (χ2v) is 6.80. The van der Waals surface area contributed by atoms with Crippen molar-refractivity contribution < 1.29 is 9.59 Å². The first kappa shape index (κ1) is 16.5. The van der Waals surface area contributed by atoms with Gasteiger partial charge in [-0.25, -0.2) is 9.78 Å². The molecule has 0 aromatic carbocycles. The summed E-state index contributed by atoms with van der Waals surface area (Å²) in [5.41, 5.74) is 9.39. The summed E-state index contributed by atoms with van der Waals surface area (Å²) in [6, 6.07) is 3.64.